The van der Waals surface area contributed by atoms with Gasteiger partial charge in [-0.1, -0.05) is 0 Å². The zero-order chi connectivity index (χ0) is 13.3. The number of nitrogens with one attached hydrogen (secondary N) is 1. The third kappa shape index (κ3) is 4.10. The second-order valence-electron chi connectivity index (χ2n) is 4.44. The average Bonchev–Trinajstić information content (AvgIpc) is 2.13. The van der Waals surface area contributed by atoms with Crippen molar-refractivity contribution in [3.63, 3.8) is 0 Å². The summed E-state index contributed by atoms with van der Waals surface area (Å²) < 4.78 is 43.0. The molecule has 0 saturated carbocycles. The van der Waals surface area contributed by atoms with Crippen molar-refractivity contribution < 1.29 is 17.9 Å². The minimum atomic E-state index is -4.47. The molecule has 0 atom stereocenters. The van der Waals surface area contributed by atoms with Crippen molar-refractivity contribution in [3.05, 3.63) is 17.7 Å². The van der Waals surface area contributed by atoms with Gasteiger partial charge in [0.25, 0.3) is 0 Å². The van der Waals surface area contributed by atoms with Gasteiger partial charge in [-0.2, -0.15) is 18.2 Å². The first kappa shape index (κ1) is 13.6. The van der Waals surface area contributed by atoms with E-state index in [4.69, 9.17) is 10.6 Å². The third-order valence-electron chi connectivity index (χ3n) is 1.69. The van der Waals surface area contributed by atoms with Crippen LogP contribution in [0, 0.1) is 0 Å². The first-order chi connectivity index (χ1) is 7.62. The van der Waals surface area contributed by atoms with Crippen molar-refractivity contribution in [1.29, 1.82) is 0 Å². The molecule has 4 nitrogen and oxygen atoms in total. The van der Waals surface area contributed by atoms with Crippen LogP contribution in [0.15, 0.2) is 12.1 Å². The van der Waals surface area contributed by atoms with E-state index in [-0.39, 0.29) is 11.7 Å². The number of hydrogen-bond acceptors (Lipinski definition) is 4. The Hall–Kier alpha value is -1.50. The number of nitrogens with zero attached hydrogens (tertiary/aromatic N) is 1. The van der Waals surface area contributed by atoms with Crippen LogP contribution in [0.25, 0.3) is 0 Å². The lowest BCUT2D eigenvalue weighted by Crippen LogP contribution is -2.24. The molecule has 0 aromatic carbocycles. The van der Waals surface area contributed by atoms with Gasteiger partial charge in [-0.3, -0.25) is 0 Å². The van der Waals surface area contributed by atoms with Crippen LogP contribution in [-0.4, -0.2) is 10.6 Å². The zero-order valence-corrected chi connectivity index (χ0v) is 9.72. The highest BCUT2D eigenvalue weighted by atomic mass is 19.4. The summed E-state index contributed by atoms with van der Waals surface area (Å²) in [4.78, 5) is 3.79. The molecule has 0 spiro atoms. The summed E-state index contributed by atoms with van der Waals surface area (Å²) in [6, 6.07) is 1.65. The van der Waals surface area contributed by atoms with Gasteiger partial charge in [-0.25, -0.2) is 5.84 Å². The molecule has 0 aliphatic heterocycles. The Labute approximate surface area is 96.9 Å². The minimum absolute atomic E-state index is 0.0981. The van der Waals surface area contributed by atoms with Crippen LogP contribution in [-0.2, 0) is 6.18 Å². The van der Waals surface area contributed by atoms with Crippen molar-refractivity contribution in [1.82, 2.24) is 4.98 Å². The van der Waals surface area contributed by atoms with Crippen LogP contribution in [0.5, 0.6) is 5.88 Å². The molecule has 1 aromatic heterocycles. The van der Waals surface area contributed by atoms with E-state index < -0.39 is 17.3 Å². The van der Waals surface area contributed by atoms with Crippen LogP contribution < -0.4 is 16.0 Å². The van der Waals surface area contributed by atoms with Crippen LogP contribution >= 0.6 is 0 Å². The summed E-state index contributed by atoms with van der Waals surface area (Å²) in [6.07, 6.45) is -4.47. The number of aromatic nitrogens is 1. The van der Waals surface area contributed by atoms with Crippen molar-refractivity contribution in [2.24, 2.45) is 5.84 Å². The predicted octanol–water partition coefficient (Wildman–Crippen LogP) is 2.56. The van der Waals surface area contributed by atoms with E-state index in [1.165, 1.54) is 0 Å². The highest BCUT2D eigenvalue weighted by Crippen LogP contribution is 2.33. The van der Waals surface area contributed by atoms with Crippen molar-refractivity contribution in [2.75, 3.05) is 5.43 Å². The molecule has 17 heavy (non-hydrogen) atoms. The molecule has 3 N–H and O–H groups in total. The maximum atomic E-state index is 12.6. The van der Waals surface area contributed by atoms with Crippen molar-refractivity contribution in [3.8, 4) is 5.88 Å². The lowest BCUT2D eigenvalue weighted by molar-refractivity contribution is -0.137. The number of anilines is 1. The molecular weight excluding hydrogens is 235 g/mol. The van der Waals surface area contributed by atoms with E-state index in [0.29, 0.717) is 0 Å². The molecule has 0 aliphatic rings. The highest BCUT2D eigenvalue weighted by Gasteiger charge is 2.32. The molecule has 0 amide bonds. The van der Waals surface area contributed by atoms with Crippen molar-refractivity contribution in [2.45, 2.75) is 32.5 Å². The summed E-state index contributed by atoms with van der Waals surface area (Å²) in [5.41, 5.74) is 0.577. The quantitative estimate of drug-likeness (QED) is 0.624. The number of hydrogen-bond donors (Lipinski definition) is 2. The molecule has 7 heteroatoms. The molecular formula is C10H14F3N3O. The third-order valence-corrected chi connectivity index (χ3v) is 1.69. The van der Waals surface area contributed by atoms with Gasteiger partial charge < -0.3 is 10.2 Å². The van der Waals surface area contributed by atoms with E-state index in [9.17, 15) is 13.2 Å². The highest BCUT2D eigenvalue weighted by molar-refractivity contribution is 5.41. The Kier molecular flexibility index (Phi) is 3.51. The number of rotatable bonds is 2. The summed E-state index contributed by atoms with van der Waals surface area (Å²) in [5.74, 6) is 4.84. The van der Waals surface area contributed by atoms with Gasteiger partial charge in [-0.05, 0) is 26.8 Å². The summed E-state index contributed by atoms with van der Waals surface area (Å²) in [5, 5.41) is 0. The number of halogens is 3. The average molecular weight is 249 g/mol. The fourth-order valence-corrected chi connectivity index (χ4v) is 1.11. The van der Waals surface area contributed by atoms with Gasteiger partial charge in [0.1, 0.15) is 11.4 Å². The number of pyridine rings is 1. The Balaban J connectivity index is 3.15. The van der Waals surface area contributed by atoms with Crippen LogP contribution in [0.1, 0.15) is 26.3 Å². The monoisotopic (exact) mass is 249 g/mol. The topological polar surface area (TPSA) is 60.2 Å². The van der Waals surface area contributed by atoms with Crippen LogP contribution in [0.3, 0.4) is 0 Å². The largest absolute Gasteiger partial charge is 0.472 e. The molecule has 0 bridgehead atoms. The maximum absolute atomic E-state index is 12.6. The van der Waals surface area contributed by atoms with Gasteiger partial charge in [0.05, 0.1) is 5.56 Å². The SMILES string of the molecule is CC(C)(C)Oc1cc(C(F)(F)F)cc(NN)n1. The van der Waals surface area contributed by atoms with Gasteiger partial charge in [0.2, 0.25) is 5.88 Å². The van der Waals surface area contributed by atoms with E-state index >= 15 is 0 Å². The van der Waals surface area contributed by atoms with Gasteiger partial charge in [0, 0.05) is 6.07 Å². The first-order valence-corrected chi connectivity index (χ1v) is 4.87. The lowest BCUT2D eigenvalue weighted by atomic mass is 10.2. The smallest absolute Gasteiger partial charge is 0.416 e. The number of alkyl halides is 3. The van der Waals surface area contributed by atoms with E-state index in [1.807, 2.05) is 0 Å². The normalized spacial score (nSPS) is 12.4. The van der Waals surface area contributed by atoms with E-state index in [1.54, 1.807) is 20.8 Å². The predicted molar refractivity (Wildman–Crippen MR) is 57.4 cm³/mol. The summed E-state index contributed by atoms with van der Waals surface area (Å²) in [7, 11) is 0. The number of ether oxygens (including phenoxy) is 1. The van der Waals surface area contributed by atoms with E-state index in [2.05, 4.69) is 10.4 Å². The molecule has 0 saturated heterocycles. The molecule has 1 rings (SSSR count). The number of hydrazine groups is 1. The molecule has 0 radical (unpaired) electrons. The zero-order valence-electron chi connectivity index (χ0n) is 9.72. The molecule has 1 heterocycles. The molecule has 0 fully saturated rings. The number of nitrogen functional groups attached to an aromatic ring is 1. The molecule has 1 aromatic rings. The minimum Gasteiger partial charge on any atom is -0.472 e. The molecule has 0 aliphatic carbocycles. The van der Waals surface area contributed by atoms with Gasteiger partial charge in [-0.15, -0.1) is 0 Å². The van der Waals surface area contributed by atoms with Crippen LogP contribution in [0.4, 0.5) is 19.0 Å². The maximum Gasteiger partial charge on any atom is 0.416 e. The second kappa shape index (κ2) is 4.40. The van der Waals surface area contributed by atoms with Gasteiger partial charge in [0.15, 0.2) is 0 Å². The Bertz CT molecular complexity index is 399. The molecule has 96 valence electrons. The Morgan fingerprint density at radius 3 is 2.24 bits per heavy atom. The van der Waals surface area contributed by atoms with Crippen LogP contribution in [0.2, 0.25) is 0 Å². The van der Waals surface area contributed by atoms with Crippen molar-refractivity contribution >= 4 is 5.82 Å². The summed E-state index contributed by atoms with van der Waals surface area (Å²) in [6.45, 7) is 5.14. The summed E-state index contributed by atoms with van der Waals surface area (Å²) >= 11 is 0. The van der Waals surface area contributed by atoms with Gasteiger partial charge >= 0.3 is 6.18 Å². The number of nitrogens with two attached hydrogens (primary N) is 1. The lowest BCUT2D eigenvalue weighted by Gasteiger charge is -2.21. The fraction of sp³-hybridized carbons (Fsp3) is 0.500. The molecule has 0 unspecified atom stereocenters. The standard InChI is InChI=1S/C10H14F3N3O/c1-9(2,3)17-8-5-6(10(11,12)13)4-7(15-8)16-14/h4-5H,14H2,1-3H3,(H,15,16). The second-order valence-corrected chi connectivity index (χ2v) is 4.44. The van der Waals surface area contributed by atoms with E-state index in [0.717, 1.165) is 12.1 Å². The Morgan fingerprint density at radius 1 is 1.24 bits per heavy atom. The Morgan fingerprint density at radius 2 is 1.82 bits per heavy atom. The first-order valence-electron chi connectivity index (χ1n) is 4.87. The fourth-order valence-electron chi connectivity index (χ4n) is 1.11.